The van der Waals surface area contributed by atoms with Gasteiger partial charge in [-0.25, -0.2) is 0 Å². The van der Waals surface area contributed by atoms with Gasteiger partial charge in [0.15, 0.2) is 5.82 Å². The van der Waals surface area contributed by atoms with Gasteiger partial charge in [-0.1, -0.05) is 19.0 Å². The Morgan fingerprint density at radius 1 is 1.47 bits per heavy atom. The van der Waals surface area contributed by atoms with Crippen LogP contribution in [0.3, 0.4) is 0 Å². The third-order valence-electron chi connectivity index (χ3n) is 2.38. The average Bonchev–Trinajstić information content (AvgIpc) is 2.82. The molecule has 17 heavy (non-hydrogen) atoms. The van der Waals surface area contributed by atoms with Crippen LogP contribution in [0.4, 0.5) is 0 Å². The molecule has 0 aromatic carbocycles. The van der Waals surface area contributed by atoms with Crippen LogP contribution in [0, 0.1) is 6.92 Å². The molecular formula is C11H17N5O. The first kappa shape index (κ1) is 11.8. The number of hydrogen-bond acceptors (Lipinski definition) is 5. The quantitative estimate of drug-likeness (QED) is 0.864. The number of aryl methyl sites for hydroxylation is 2. The van der Waals surface area contributed by atoms with E-state index in [0.717, 1.165) is 11.3 Å². The van der Waals surface area contributed by atoms with Crippen LogP contribution in [-0.2, 0) is 13.6 Å². The van der Waals surface area contributed by atoms with Gasteiger partial charge < -0.3 is 9.84 Å². The van der Waals surface area contributed by atoms with Crippen LogP contribution in [0.1, 0.15) is 25.4 Å². The third-order valence-corrected chi connectivity index (χ3v) is 2.38. The molecule has 0 amide bonds. The SMILES string of the molecule is Cc1nn(C)cc1-c1nc(CNC(C)C)no1. The van der Waals surface area contributed by atoms with E-state index in [4.69, 9.17) is 4.52 Å². The van der Waals surface area contributed by atoms with Gasteiger partial charge in [-0.2, -0.15) is 10.1 Å². The highest BCUT2D eigenvalue weighted by Crippen LogP contribution is 2.19. The van der Waals surface area contributed by atoms with E-state index in [-0.39, 0.29) is 0 Å². The van der Waals surface area contributed by atoms with Gasteiger partial charge in [0, 0.05) is 19.3 Å². The lowest BCUT2D eigenvalue weighted by Gasteiger charge is -2.02. The maximum absolute atomic E-state index is 5.22. The lowest BCUT2D eigenvalue weighted by Crippen LogP contribution is -2.22. The van der Waals surface area contributed by atoms with Gasteiger partial charge in [0.2, 0.25) is 0 Å². The highest BCUT2D eigenvalue weighted by molar-refractivity contribution is 5.54. The standard InChI is InChI=1S/C11H17N5O/c1-7(2)12-5-10-13-11(17-15-10)9-6-16(4)14-8(9)3/h6-7,12H,5H2,1-4H3. The van der Waals surface area contributed by atoms with E-state index in [2.05, 4.69) is 34.4 Å². The van der Waals surface area contributed by atoms with Crippen molar-refractivity contribution in [2.45, 2.75) is 33.4 Å². The predicted octanol–water partition coefficient (Wildman–Crippen LogP) is 1.28. The fourth-order valence-electron chi connectivity index (χ4n) is 1.54. The lowest BCUT2D eigenvalue weighted by molar-refractivity contribution is 0.417. The second-order valence-electron chi connectivity index (χ2n) is 4.35. The van der Waals surface area contributed by atoms with Gasteiger partial charge in [-0.05, 0) is 6.92 Å². The molecule has 0 fully saturated rings. The Hall–Kier alpha value is -1.69. The van der Waals surface area contributed by atoms with Gasteiger partial charge in [-0.15, -0.1) is 0 Å². The minimum atomic E-state index is 0.400. The van der Waals surface area contributed by atoms with Crippen molar-refractivity contribution in [3.05, 3.63) is 17.7 Å². The fraction of sp³-hybridized carbons (Fsp3) is 0.545. The lowest BCUT2D eigenvalue weighted by atomic mass is 10.3. The van der Waals surface area contributed by atoms with Crippen LogP contribution in [0.2, 0.25) is 0 Å². The molecule has 92 valence electrons. The Bertz CT molecular complexity index is 500. The first-order chi connectivity index (χ1) is 8.06. The van der Waals surface area contributed by atoms with E-state index in [9.17, 15) is 0 Å². The molecule has 0 saturated carbocycles. The van der Waals surface area contributed by atoms with Crippen LogP contribution in [0.15, 0.2) is 10.7 Å². The Morgan fingerprint density at radius 3 is 2.82 bits per heavy atom. The van der Waals surface area contributed by atoms with Crippen molar-refractivity contribution < 1.29 is 4.52 Å². The van der Waals surface area contributed by atoms with Gasteiger partial charge in [0.25, 0.3) is 5.89 Å². The van der Waals surface area contributed by atoms with Crippen molar-refractivity contribution in [3.8, 4) is 11.5 Å². The minimum absolute atomic E-state index is 0.400. The summed E-state index contributed by atoms with van der Waals surface area (Å²) < 4.78 is 6.96. The van der Waals surface area contributed by atoms with Crippen LogP contribution >= 0.6 is 0 Å². The van der Waals surface area contributed by atoms with E-state index < -0.39 is 0 Å². The van der Waals surface area contributed by atoms with Crippen LogP contribution in [-0.4, -0.2) is 26.0 Å². The molecule has 0 unspecified atom stereocenters. The van der Waals surface area contributed by atoms with Gasteiger partial charge in [-0.3, -0.25) is 4.68 Å². The number of rotatable bonds is 4. The molecule has 2 heterocycles. The Morgan fingerprint density at radius 2 is 2.24 bits per heavy atom. The molecule has 0 aliphatic heterocycles. The second kappa shape index (κ2) is 4.67. The molecule has 0 aliphatic rings. The van der Waals surface area contributed by atoms with Crippen LogP contribution < -0.4 is 5.32 Å². The van der Waals surface area contributed by atoms with Crippen molar-refractivity contribution >= 4 is 0 Å². The van der Waals surface area contributed by atoms with Crippen molar-refractivity contribution in [3.63, 3.8) is 0 Å². The van der Waals surface area contributed by atoms with Crippen LogP contribution in [0.5, 0.6) is 0 Å². The molecule has 0 atom stereocenters. The topological polar surface area (TPSA) is 68.8 Å². The molecule has 0 aliphatic carbocycles. The summed E-state index contributed by atoms with van der Waals surface area (Å²) >= 11 is 0. The number of nitrogens with zero attached hydrogens (tertiary/aromatic N) is 4. The summed E-state index contributed by atoms with van der Waals surface area (Å²) in [6, 6.07) is 0.400. The zero-order chi connectivity index (χ0) is 12.4. The summed E-state index contributed by atoms with van der Waals surface area (Å²) in [6.07, 6.45) is 1.88. The Balaban J connectivity index is 2.15. The number of nitrogens with one attached hydrogen (secondary N) is 1. The van der Waals surface area contributed by atoms with Crippen molar-refractivity contribution in [2.24, 2.45) is 7.05 Å². The molecule has 6 nitrogen and oxygen atoms in total. The molecule has 2 aromatic heterocycles. The zero-order valence-electron chi connectivity index (χ0n) is 10.6. The normalized spacial score (nSPS) is 11.4. The predicted molar refractivity (Wildman–Crippen MR) is 63.2 cm³/mol. The highest BCUT2D eigenvalue weighted by Gasteiger charge is 2.13. The Kier molecular flexibility index (Phi) is 3.23. The monoisotopic (exact) mass is 235 g/mol. The molecule has 0 radical (unpaired) electrons. The van der Waals surface area contributed by atoms with E-state index in [0.29, 0.717) is 24.3 Å². The van der Waals surface area contributed by atoms with E-state index in [1.165, 1.54) is 0 Å². The summed E-state index contributed by atoms with van der Waals surface area (Å²) in [7, 11) is 1.87. The minimum Gasteiger partial charge on any atom is -0.334 e. The molecule has 1 N–H and O–H groups in total. The highest BCUT2D eigenvalue weighted by atomic mass is 16.5. The van der Waals surface area contributed by atoms with E-state index >= 15 is 0 Å². The number of hydrogen-bond donors (Lipinski definition) is 1. The molecule has 6 heteroatoms. The maximum atomic E-state index is 5.22. The first-order valence-corrected chi connectivity index (χ1v) is 5.63. The molecule has 0 spiro atoms. The van der Waals surface area contributed by atoms with Gasteiger partial charge in [0.05, 0.1) is 17.8 Å². The van der Waals surface area contributed by atoms with Gasteiger partial charge >= 0.3 is 0 Å². The molecule has 2 aromatic rings. The summed E-state index contributed by atoms with van der Waals surface area (Å²) in [4.78, 5) is 4.33. The smallest absolute Gasteiger partial charge is 0.261 e. The summed E-state index contributed by atoms with van der Waals surface area (Å²) in [5, 5.41) is 11.4. The molecule has 2 rings (SSSR count). The Labute approximate surface area is 100 Å². The first-order valence-electron chi connectivity index (χ1n) is 5.63. The third kappa shape index (κ3) is 2.71. The van der Waals surface area contributed by atoms with Crippen molar-refractivity contribution in [2.75, 3.05) is 0 Å². The molecule has 0 bridgehead atoms. The molecular weight excluding hydrogens is 218 g/mol. The van der Waals surface area contributed by atoms with Crippen LogP contribution in [0.25, 0.3) is 11.5 Å². The number of aromatic nitrogens is 4. The van der Waals surface area contributed by atoms with Gasteiger partial charge in [0.1, 0.15) is 0 Å². The summed E-state index contributed by atoms with van der Waals surface area (Å²) in [6.45, 7) is 6.69. The van der Waals surface area contributed by atoms with E-state index in [1.807, 2.05) is 20.2 Å². The summed E-state index contributed by atoms with van der Waals surface area (Å²) in [5.74, 6) is 1.19. The fourth-order valence-corrected chi connectivity index (χ4v) is 1.54. The summed E-state index contributed by atoms with van der Waals surface area (Å²) in [5.41, 5.74) is 1.77. The maximum Gasteiger partial charge on any atom is 0.261 e. The largest absolute Gasteiger partial charge is 0.334 e. The second-order valence-corrected chi connectivity index (χ2v) is 4.35. The van der Waals surface area contributed by atoms with Crippen molar-refractivity contribution in [1.82, 2.24) is 25.2 Å². The van der Waals surface area contributed by atoms with Crippen molar-refractivity contribution in [1.29, 1.82) is 0 Å². The molecule has 0 saturated heterocycles. The average molecular weight is 235 g/mol. The van der Waals surface area contributed by atoms with E-state index in [1.54, 1.807) is 4.68 Å². The zero-order valence-corrected chi connectivity index (χ0v) is 10.6.